The molecule has 2 unspecified atom stereocenters. The number of hydrogen-bond donors (Lipinski definition) is 1. The number of carbonyl (C=O) groups is 1. The van der Waals surface area contributed by atoms with E-state index in [1.54, 1.807) is 11.1 Å². The molecule has 1 aromatic carbocycles. The van der Waals surface area contributed by atoms with Gasteiger partial charge in [0, 0.05) is 17.0 Å². The minimum atomic E-state index is -0.900. The van der Waals surface area contributed by atoms with Gasteiger partial charge in [0.05, 0.1) is 19.8 Å². The maximum atomic E-state index is 13.3. The highest BCUT2D eigenvalue weighted by Crippen LogP contribution is 2.40. The number of benzene rings is 1. The number of nitrogens with zero attached hydrogens (tertiary/aromatic N) is 1. The van der Waals surface area contributed by atoms with Gasteiger partial charge in [0.2, 0.25) is 5.91 Å². The van der Waals surface area contributed by atoms with Crippen LogP contribution >= 0.6 is 11.8 Å². The van der Waals surface area contributed by atoms with Crippen molar-refractivity contribution in [3.8, 4) is 11.5 Å². The summed E-state index contributed by atoms with van der Waals surface area (Å²) < 4.78 is 18.0. The van der Waals surface area contributed by atoms with E-state index in [1.165, 1.54) is 18.2 Å². The lowest BCUT2D eigenvalue weighted by atomic mass is 9.99. The fraction of sp³-hybridized carbons (Fsp3) is 0.607. The Morgan fingerprint density at radius 3 is 2.58 bits per heavy atom. The highest BCUT2D eigenvalue weighted by molar-refractivity contribution is 8.08. The monoisotopic (exact) mass is 535 g/mol. The van der Waals surface area contributed by atoms with Crippen molar-refractivity contribution in [3.63, 3.8) is 0 Å². The first-order chi connectivity index (χ1) is 17.3. The Hall–Kier alpha value is -1.74. The predicted octanol–water partition coefficient (Wildman–Crippen LogP) is 6.91. The van der Waals surface area contributed by atoms with Crippen molar-refractivity contribution < 1.29 is 18.7 Å². The van der Waals surface area contributed by atoms with Crippen LogP contribution in [0.4, 0.5) is 0 Å². The summed E-state index contributed by atoms with van der Waals surface area (Å²) >= 11 is 1.54. The summed E-state index contributed by atoms with van der Waals surface area (Å²) in [5.41, 5.74) is 0.576. The van der Waals surface area contributed by atoms with Gasteiger partial charge in [-0.2, -0.15) is 0 Å². The van der Waals surface area contributed by atoms with Gasteiger partial charge in [-0.15, -0.1) is 0 Å². The van der Waals surface area contributed by atoms with E-state index < -0.39 is 9.04 Å². The minimum absolute atomic E-state index is 0.0235. The molecular weight excluding hydrogens is 488 g/mol. The number of rotatable bonds is 19. The molecule has 36 heavy (non-hydrogen) atoms. The second kappa shape index (κ2) is 18.5. The Balaban J connectivity index is 3.12. The van der Waals surface area contributed by atoms with E-state index in [4.69, 9.17) is 13.9 Å². The van der Waals surface area contributed by atoms with Gasteiger partial charge in [0.1, 0.15) is 16.9 Å². The van der Waals surface area contributed by atoms with Crippen molar-refractivity contribution in [2.75, 3.05) is 26.9 Å². The van der Waals surface area contributed by atoms with Gasteiger partial charge in [-0.25, -0.2) is 0 Å². The molecule has 6 nitrogen and oxygen atoms in total. The summed E-state index contributed by atoms with van der Waals surface area (Å²) in [5.74, 6) is 2.11. The van der Waals surface area contributed by atoms with Crippen molar-refractivity contribution in [2.45, 2.75) is 78.3 Å². The van der Waals surface area contributed by atoms with E-state index >= 15 is 0 Å². The fourth-order valence-electron chi connectivity index (χ4n) is 3.76. The van der Waals surface area contributed by atoms with Gasteiger partial charge in [-0.3, -0.25) is 10.1 Å². The zero-order valence-electron chi connectivity index (χ0n) is 23.4. The number of hydrogen-bond acceptors (Lipinski definition) is 6. The molecule has 1 aromatic rings. The third-order valence-electron chi connectivity index (χ3n) is 5.65. The zero-order valence-corrected chi connectivity index (χ0v) is 25.2. The van der Waals surface area contributed by atoms with Gasteiger partial charge in [0.15, 0.2) is 0 Å². The number of unbranched alkanes of at least 4 members (excludes halogenated alkanes) is 1. The topological polar surface area (TPSA) is 60.0 Å². The molecule has 0 aliphatic carbocycles. The van der Waals surface area contributed by atoms with Crippen LogP contribution in [0.3, 0.4) is 0 Å². The quantitative estimate of drug-likeness (QED) is 0.153. The average Bonchev–Trinajstić information content (AvgIpc) is 2.86. The number of thioether (sulfide) groups is 1. The van der Waals surface area contributed by atoms with Crippen LogP contribution in [0.15, 0.2) is 37.1 Å². The lowest BCUT2D eigenvalue weighted by molar-refractivity contribution is -0.130. The molecule has 0 aromatic heterocycles. The first-order valence-corrected chi connectivity index (χ1v) is 16.4. The molecule has 0 heterocycles. The van der Waals surface area contributed by atoms with Crippen molar-refractivity contribution in [2.24, 2.45) is 5.92 Å². The van der Waals surface area contributed by atoms with Gasteiger partial charge >= 0.3 is 0 Å². The van der Waals surface area contributed by atoms with Crippen LogP contribution in [0, 0.1) is 5.92 Å². The Labute approximate surface area is 225 Å². The molecule has 2 atom stereocenters. The van der Waals surface area contributed by atoms with E-state index in [1.807, 2.05) is 45.2 Å². The Morgan fingerprint density at radius 1 is 1.28 bits per heavy atom. The summed E-state index contributed by atoms with van der Waals surface area (Å²) in [6, 6.07) is 5.93. The zero-order chi connectivity index (χ0) is 26.9. The van der Waals surface area contributed by atoms with Gasteiger partial charge < -0.3 is 18.8 Å². The summed E-state index contributed by atoms with van der Waals surface area (Å²) in [4.78, 5) is 16.1. The molecule has 1 amide bonds. The first-order valence-electron chi connectivity index (χ1n) is 13.1. The molecule has 1 N–H and O–H groups in total. The third kappa shape index (κ3) is 11.5. The second-order valence-corrected chi connectivity index (χ2v) is 12.0. The van der Waals surface area contributed by atoms with Gasteiger partial charge in [-0.05, 0) is 70.7 Å². The molecule has 1 radical (unpaired) electrons. The Bertz CT molecular complexity index is 819. The third-order valence-corrected chi connectivity index (χ3v) is 7.57. The molecule has 0 spiro atoms. The number of allylic oxidation sites excluding steroid dienone is 1. The highest BCUT2D eigenvalue weighted by atomic mass is 32.2. The van der Waals surface area contributed by atoms with Crippen LogP contribution in [0.2, 0.25) is 13.1 Å². The molecule has 0 saturated heterocycles. The van der Waals surface area contributed by atoms with Crippen molar-refractivity contribution in [3.05, 3.63) is 42.6 Å². The van der Waals surface area contributed by atoms with E-state index in [0.717, 1.165) is 41.2 Å². The van der Waals surface area contributed by atoms with Crippen LogP contribution in [-0.4, -0.2) is 52.2 Å². The van der Waals surface area contributed by atoms with E-state index in [0.29, 0.717) is 25.8 Å². The smallest absolute Gasteiger partial charge is 0.274 e. The lowest BCUT2D eigenvalue weighted by Crippen LogP contribution is -2.33. The van der Waals surface area contributed by atoms with Crippen LogP contribution in [0.1, 0.15) is 65.4 Å². The maximum Gasteiger partial charge on any atom is 0.274 e. The normalized spacial score (nSPS) is 13.4. The highest BCUT2D eigenvalue weighted by Gasteiger charge is 2.24. The lowest BCUT2D eigenvalue weighted by Gasteiger charge is -2.26. The van der Waals surface area contributed by atoms with Gasteiger partial charge in [-0.1, -0.05) is 57.5 Å². The number of ether oxygens (including phenoxy) is 2. The van der Waals surface area contributed by atoms with Crippen molar-refractivity contribution in [1.29, 1.82) is 0 Å². The Morgan fingerprint density at radius 2 is 2.03 bits per heavy atom. The predicted molar refractivity (Wildman–Crippen MR) is 156 cm³/mol. The molecule has 0 aliphatic rings. The second-order valence-electron chi connectivity index (χ2n) is 8.82. The largest absolute Gasteiger partial charge is 0.543 e. The van der Waals surface area contributed by atoms with E-state index in [9.17, 15) is 4.79 Å². The summed E-state index contributed by atoms with van der Waals surface area (Å²) in [6.45, 7) is 18.1. The number of nitrogens with one attached hydrogen (secondary N) is 1. The molecule has 0 aliphatic heterocycles. The summed E-state index contributed by atoms with van der Waals surface area (Å²) in [6.07, 6.45) is 8.46. The van der Waals surface area contributed by atoms with E-state index in [-0.39, 0.29) is 17.8 Å². The minimum Gasteiger partial charge on any atom is -0.543 e. The van der Waals surface area contributed by atoms with Crippen molar-refractivity contribution in [1.82, 2.24) is 10.2 Å². The molecule has 0 bridgehead atoms. The maximum absolute atomic E-state index is 13.3. The van der Waals surface area contributed by atoms with Crippen LogP contribution in [-0.2, 0) is 9.53 Å². The van der Waals surface area contributed by atoms with Crippen molar-refractivity contribution >= 4 is 31.6 Å². The molecule has 0 fully saturated rings. The van der Waals surface area contributed by atoms with E-state index in [2.05, 4.69) is 38.8 Å². The standard InChI is InChI=1S/C28H47N2O4SSi/c1-9-14-15-22(10-2)20-30(12-4)27(31)19-28(33-21-29-6)35-26(11-3)24-18-23(34-36(7)8)16-17-25(24)32-13-5/h11-12,16-18,22,28-29H,4,9-10,13-15,19-21H2,1-3,5-8H3/b26-11-. The summed E-state index contributed by atoms with van der Waals surface area (Å²) in [5, 5.41) is 3.03. The molecule has 8 heteroatoms. The summed E-state index contributed by atoms with van der Waals surface area (Å²) in [7, 11) is 0.932. The van der Waals surface area contributed by atoms with Gasteiger partial charge in [0.25, 0.3) is 9.04 Å². The molecular formula is C28H47N2O4SSi. The average molecular weight is 536 g/mol. The van der Waals surface area contributed by atoms with Crippen LogP contribution < -0.4 is 14.5 Å². The Kier molecular flexibility index (Phi) is 16.6. The number of carbonyl (C=O) groups excluding carboxylic acids is 1. The molecule has 1 rings (SSSR count). The number of amides is 1. The van der Waals surface area contributed by atoms with Crippen LogP contribution in [0.5, 0.6) is 11.5 Å². The molecule has 0 saturated carbocycles. The molecule has 203 valence electrons. The first kappa shape index (κ1) is 32.3. The SMILES string of the molecule is C=CN(CC(CC)CCCC)C(=O)CC(OCNC)S/C(=C\C)c1cc(O[Si](C)C)ccc1OCC. The fourth-order valence-corrected chi connectivity index (χ4v) is 5.42. The van der Waals surface area contributed by atoms with Crippen LogP contribution in [0.25, 0.3) is 4.91 Å².